The van der Waals surface area contributed by atoms with Gasteiger partial charge in [-0.3, -0.25) is 9.69 Å². The number of amides is 1. The van der Waals surface area contributed by atoms with Gasteiger partial charge in [-0.25, -0.2) is 0 Å². The minimum Gasteiger partial charge on any atom is -0.501 e. The number of anilines is 1. The Morgan fingerprint density at radius 1 is 1.07 bits per heavy atom. The number of carbonyl (C=O) groups excluding carboxylic acids is 1. The zero-order valence-corrected chi connectivity index (χ0v) is 16.0. The molecule has 1 amide bonds. The summed E-state index contributed by atoms with van der Waals surface area (Å²) in [7, 11) is 0. The Hall–Kier alpha value is -2.59. The van der Waals surface area contributed by atoms with Crippen LogP contribution in [-0.2, 0) is 16.1 Å². The highest BCUT2D eigenvalue weighted by atomic mass is 16.5. The Bertz CT molecular complexity index is 723. The van der Waals surface area contributed by atoms with Gasteiger partial charge in [0, 0.05) is 37.4 Å². The van der Waals surface area contributed by atoms with Crippen LogP contribution in [0.2, 0.25) is 0 Å². The van der Waals surface area contributed by atoms with Gasteiger partial charge in [-0.15, -0.1) is 0 Å². The van der Waals surface area contributed by atoms with E-state index in [0.717, 1.165) is 38.2 Å². The molecule has 0 unspecified atom stereocenters. The Kier molecular flexibility index (Phi) is 7.05. The van der Waals surface area contributed by atoms with Crippen molar-refractivity contribution in [1.82, 2.24) is 4.90 Å². The lowest BCUT2D eigenvalue weighted by molar-refractivity contribution is -0.115. The number of piperidine rings is 1. The van der Waals surface area contributed by atoms with Crippen LogP contribution in [0.25, 0.3) is 0 Å². The van der Waals surface area contributed by atoms with Crippen molar-refractivity contribution < 1.29 is 9.53 Å². The van der Waals surface area contributed by atoms with Crippen molar-refractivity contribution in [1.29, 1.82) is 0 Å². The normalized spacial score (nSPS) is 15.7. The molecule has 0 N–H and O–H groups in total. The van der Waals surface area contributed by atoms with Crippen LogP contribution in [0.15, 0.2) is 73.0 Å². The summed E-state index contributed by atoms with van der Waals surface area (Å²) in [6.07, 6.45) is 4.97. The monoisotopic (exact) mass is 364 g/mol. The Morgan fingerprint density at radius 2 is 1.70 bits per heavy atom. The van der Waals surface area contributed by atoms with Crippen molar-refractivity contribution in [2.24, 2.45) is 0 Å². The van der Waals surface area contributed by atoms with Gasteiger partial charge in [0.05, 0.1) is 12.9 Å². The number of benzene rings is 2. The fourth-order valence-electron chi connectivity index (χ4n) is 3.57. The third-order valence-corrected chi connectivity index (χ3v) is 4.92. The Morgan fingerprint density at radius 3 is 2.33 bits per heavy atom. The van der Waals surface area contributed by atoms with Crippen molar-refractivity contribution >= 4 is 11.6 Å². The Balaban J connectivity index is 1.66. The SMILES string of the molecule is CCOC=CC(=O)N(c1ccccc1)C1CCN(Cc2ccccc2)CC1. The van der Waals surface area contributed by atoms with Crippen LogP contribution >= 0.6 is 0 Å². The molecule has 1 heterocycles. The third-order valence-electron chi connectivity index (χ3n) is 4.92. The second-order valence-electron chi connectivity index (χ2n) is 6.79. The van der Waals surface area contributed by atoms with Crippen molar-refractivity contribution in [3.05, 3.63) is 78.6 Å². The highest BCUT2D eigenvalue weighted by molar-refractivity contribution is 6.01. The van der Waals surface area contributed by atoms with E-state index in [2.05, 4.69) is 35.2 Å². The van der Waals surface area contributed by atoms with Crippen molar-refractivity contribution in [2.45, 2.75) is 32.4 Å². The lowest BCUT2D eigenvalue weighted by Crippen LogP contribution is -2.47. The molecule has 1 saturated heterocycles. The second kappa shape index (κ2) is 9.93. The summed E-state index contributed by atoms with van der Waals surface area (Å²) in [4.78, 5) is 17.2. The van der Waals surface area contributed by atoms with Gasteiger partial charge >= 0.3 is 0 Å². The predicted molar refractivity (Wildman–Crippen MR) is 109 cm³/mol. The van der Waals surface area contributed by atoms with Crippen LogP contribution in [0.5, 0.6) is 0 Å². The van der Waals surface area contributed by atoms with Crippen LogP contribution < -0.4 is 4.90 Å². The van der Waals surface area contributed by atoms with Crippen LogP contribution in [0, 0.1) is 0 Å². The minimum absolute atomic E-state index is 0.0174. The lowest BCUT2D eigenvalue weighted by atomic mass is 10.0. The molecule has 1 aliphatic rings. The Labute approximate surface area is 162 Å². The van der Waals surface area contributed by atoms with Crippen molar-refractivity contribution in [3.63, 3.8) is 0 Å². The average molecular weight is 364 g/mol. The molecule has 4 heteroatoms. The zero-order chi connectivity index (χ0) is 18.9. The highest BCUT2D eigenvalue weighted by Crippen LogP contribution is 2.25. The van der Waals surface area contributed by atoms with E-state index < -0.39 is 0 Å². The quantitative estimate of drug-likeness (QED) is 0.544. The molecule has 0 atom stereocenters. The van der Waals surface area contributed by atoms with E-state index in [0.29, 0.717) is 6.61 Å². The number of ether oxygens (including phenoxy) is 1. The molecule has 27 heavy (non-hydrogen) atoms. The average Bonchev–Trinajstić information content (AvgIpc) is 2.71. The molecule has 4 nitrogen and oxygen atoms in total. The van der Waals surface area contributed by atoms with Crippen molar-refractivity contribution in [3.8, 4) is 0 Å². The number of likely N-dealkylation sites (tertiary alicyclic amines) is 1. The second-order valence-corrected chi connectivity index (χ2v) is 6.79. The zero-order valence-electron chi connectivity index (χ0n) is 16.0. The summed E-state index contributed by atoms with van der Waals surface area (Å²) in [5.74, 6) is -0.0174. The molecular formula is C23H28N2O2. The topological polar surface area (TPSA) is 32.8 Å². The van der Waals surface area contributed by atoms with E-state index >= 15 is 0 Å². The van der Waals surface area contributed by atoms with Gasteiger partial charge < -0.3 is 9.64 Å². The molecule has 0 spiro atoms. The number of rotatable bonds is 7. The van der Waals surface area contributed by atoms with Gasteiger partial charge in [0.2, 0.25) is 0 Å². The molecule has 142 valence electrons. The molecule has 0 saturated carbocycles. The minimum atomic E-state index is -0.0174. The maximum absolute atomic E-state index is 12.8. The first-order chi connectivity index (χ1) is 13.3. The molecule has 2 aromatic carbocycles. The fraction of sp³-hybridized carbons (Fsp3) is 0.348. The summed E-state index contributed by atoms with van der Waals surface area (Å²) in [5, 5.41) is 0. The summed E-state index contributed by atoms with van der Waals surface area (Å²) >= 11 is 0. The van der Waals surface area contributed by atoms with E-state index in [1.54, 1.807) is 0 Å². The molecule has 3 rings (SSSR count). The van der Waals surface area contributed by atoms with Gasteiger partial charge in [-0.05, 0) is 37.5 Å². The summed E-state index contributed by atoms with van der Waals surface area (Å²) in [6.45, 7) is 5.42. The lowest BCUT2D eigenvalue weighted by Gasteiger charge is -2.38. The number of hydrogen-bond acceptors (Lipinski definition) is 3. The van der Waals surface area contributed by atoms with Crippen LogP contribution in [-0.4, -0.2) is 36.5 Å². The molecule has 1 fully saturated rings. The van der Waals surface area contributed by atoms with Crippen LogP contribution in [0.4, 0.5) is 5.69 Å². The summed E-state index contributed by atoms with van der Waals surface area (Å²) in [5.41, 5.74) is 2.29. The fourth-order valence-corrected chi connectivity index (χ4v) is 3.57. The maximum atomic E-state index is 12.8. The van der Waals surface area contributed by atoms with Gasteiger partial charge in [-0.1, -0.05) is 48.5 Å². The number of carbonyl (C=O) groups is 1. The molecule has 1 aliphatic heterocycles. The molecule has 0 aromatic heterocycles. The van der Waals surface area contributed by atoms with Crippen LogP contribution in [0.3, 0.4) is 0 Å². The van der Waals surface area contributed by atoms with Crippen LogP contribution in [0.1, 0.15) is 25.3 Å². The molecule has 0 bridgehead atoms. The van der Waals surface area contributed by atoms with Gasteiger partial charge in [-0.2, -0.15) is 0 Å². The maximum Gasteiger partial charge on any atom is 0.254 e. The predicted octanol–water partition coefficient (Wildman–Crippen LogP) is 4.23. The van der Waals surface area contributed by atoms with E-state index in [4.69, 9.17) is 4.74 Å². The molecule has 2 aromatic rings. The first-order valence-corrected chi connectivity index (χ1v) is 9.70. The molecule has 0 aliphatic carbocycles. The summed E-state index contributed by atoms with van der Waals surface area (Å²) < 4.78 is 5.22. The highest BCUT2D eigenvalue weighted by Gasteiger charge is 2.28. The largest absolute Gasteiger partial charge is 0.501 e. The van der Waals surface area contributed by atoms with Gasteiger partial charge in [0.1, 0.15) is 0 Å². The van der Waals surface area contributed by atoms with Gasteiger partial charge in [0.25, 0.3) is 5.91 Å². The summed E-state index contributed by atoms with van der Waals surface area (Å²) in [6, 6.07) is 20.7. The van der Waals surface area contributed by atoms with E-state index in [1.807, 2.05) is 42.2 Å². The van der Waals surface area contributed by atoms with Crippen molar-refractivity contribution in [2.75, 3.05) is 24.6 Å². The first kappa shape index (κ1) is 19.2. The smallest absolute Gasteiger partial charge is 0.254 e. The number of nitrogens with zero attached hydrogens (tertiary/aromatic N) is 2. The number of para-hydroxylation sites is 1. The van der Waals surface area contributed by atoms with Gasteiger partial charge in [0.15, 0.2) is 0 Å². The standard InChI is InChI=1S/C23H28N2O2/c1-2-27-18-15-23(26)25(21-11-7-4-8-12-21)22-13-16-24(17-14-22)19-20-9-5-3-6-10-20/h3-12,15,18,22H,2,13-14,16-17,19H2,1H3. The van der Waals surface area contributed by atoms with E-state index in [9.17, 15) is 4.79 Å². The third kappa shape index (κ3) is 5.44. The van der Waals surface area contributed by atoms with E-state index in [-0.39, 0.29) is 11.9 Å². The number of hydrogen-bond donors (Lipinski definition) is 0. The molecular weight excluding hydrogens is 336 g/mol. The molecule has 0 radical (unpaired) electrons. The van der Waals surface area contributed by atoms with E-state index in [1.165, 1.54) is 17.9 Å². The first-order valence-electron chi connectivity index (χ1n) is 9.70.